The fourth-order valence-corrected chi connectivity index (χ4v) is 5.34. The van der Waals surface area contributed by atoms with Crippen LogP contribution in [-0.4, -0.2) is 55.2 Å². The Kier molecular flexibility index (Phi) is 9.08. The lowest BCUT2D eigenvalue weighted by Crippen LogP contribution is -2.29. The number of benzene rings is 2. The van der Waals surface area contributed by atoms with Crippen molar-refractivity contribution in [1.82, 2.24) is 4.98 Å². The van der Waals surface area contributed by atoms with Crippen LogP contribution in [0.3, 0.4) is 0 Å². The molecule has 1 amide bonds. The highest BCUT2D eigenvalue weighted by atomic mass is 32.1. The first kappa shape index (κ1) is 29.3. The molecule has 1 atom stereocenters. The van der Waals surface area contributed by atoms with E-state index in [1.54, 1.807) is 49.4 Å². The van der Waals surface area contributed by atoms with Crippen molar-refractivity contribution in [1.29, 1.82) is 0 Å². The van der Waals surface area contributed by atoms with E-state index < -0.39 is 23.7 Å². The maximum atomic E-state index is 13.6. The summed E-state index contributed by atoms with van der Waals surface area (Å²) < 4.78 is 21.7. The van der Waals surface area contributed by atoms with Gasteiger partial charge in [0.15, 0.2) is 16.6 Å². The summed E-state index contributed by atoms with van der Waals surface area (Å²) in [7, 11) is 2.95. The van der Waals surface area contributed by atoms with Gasteiger partial charge in [0.25, 0.3) is 5.78 Å². The molecule has 0 spiro atoms. The standard InChI is InChI=1S/C30H30N2O8S/c1-6-13-39-20-10-8-9-19(15-20)25(33)23-24(18-11-12-21(37-4)22(16-18)38-5)32(28(35)26(23)34)30-31-17(3)27(41-30)29(36)40-14-7-2/h7-12,15-16,24,33H,2,6,13-14H2,1,3-5H3. The summed E-state index contributed by atoms with van der Waals surface area (Å²) in [6, 6.07) is 10.5. The van der Waals surface area contributed by atoms with Crippen LogP contribution in [0.4, 0.5) is 5.13 Å². The van der Waals surface area contributed by atoms with Crippen molar-refractivity contribution in [3.8, 4) is 17.2 Å². The largest absolute Gasteiger partial charge is 0.507 e. The number of rotatable bonds is 11. The number of anilines is 1. The average Bonchev–Trinajstić information content (AvgIpc) is 3.50. The van der Waals surface area contributed by atoms with E-state index in [9.17, 15) is 19.5 Å². The van der Waals surface area contributed by atoms with Gasteiger partial charge in [0.2, 0.25) is 0 Å². The maximum Gasteiger partial charge on any atom is 0.350 e. The molecular weight excluding hydrogens is 548 g/mol. The van der Waals surface area contributed by atoms with Gasteiger partial charge in [-0.25, -0.2) is 9.78 Å². The van der Waals surface area contributed by atoms with Crippen LogP contribution in [0.1, 0.15) is 45.9 Å². The van der Waals surface area contributed by atoms with E-state index in [0.717, 1.165) is 17.8 Å². The Morgan fingerprint density at radius 1 is 1.15 bits per heavy atom. The van der Waals surface area contributed by atoms with Gasteiger partial charge in [-0.3, -0.25) is 14.5 Å². The molecule has 0 aliphatic carbocycles. The Balaban J connectivity index is 1.90. The Morgan fingerprint density at radius 2 is 1.90 bits per heavy atom. The van der Waals surface area contributed by atoms with Crippen LogP contribution in [0.15, 0.2) is 60.7 Å². The van der Waals surface area contributed by atoms with Crippen molar-refractivity contribution in [2.24, 2.45) is 0 Å². The number of Topliss-reactive ketones (excluding diaryl/α,β-unsaturated/α-hetero) is 1. The van der Waals surface area contributed by atoms with E-state index in [1.165, 1.54) is 25.2 Å². The molecule has 4 rings (SSSR count). The van der Waals surface area contributed by atoms with Gasteiger partial charge in [0, 0.05) is 5.56 Å². The van der Waals surface area contributed by atoms with Crippen LogP contribution in [0.5, 0.6) is 17.2 Å². The topological polar surface area (TPSA) is 124 Å². The molecule has 1 aliphatic heterocycles. The number of hydrogen-bond acceptors (Lipinski definition) is 10. The van der Waals surface area contributed by atoms with Gasteiger partial charge in [-0.2, -0.15) is 0 Å². The van der Waals surface area contributed by atoms with E-state index in [0.29, 0.717) is 40.7 Å². The number of amides is 1. The number of ketones is 1. The molecule has 2 aromatic carbocycles. The number of thiazole rings is 1. The van der Waals surface area contributed by atoms with Crippen molar-refractivity contribution in [3.05, 3.63) is 82.4 Å². The zero-order valence-corrected chi connectivity index (χ0v) is 23.9. The summed E-state index contributed by atoms with van der Waals surface area (Å²) in [6.45, 7) is 7.59. The number of aliphatic hydroxyl groups excluding tert-OH is 1. The minimum Gasteiger partial charge on any atom is -0.507 e. The van der Waals surface area contributed by atoms with Gasteiger partial charge in [-0.05, 0) is 43.2 Å². The maximum absolute atomic E-state index is 13.6. The summed E-state index contributed by atoms with van der Waals surface area (Å²) in [5.41, 5.74) is 0.919. The third-order valence-electron chi connectivity index (χ3n) is 6.26. The van der Waals surface area contributed by atoms with Crippen molar-refractivity contribution in [3.63, 3.8) is 0 Å². The predicted octanol–water partition coefficient (Wildman–Crippen LogP) is 5.23. The van der Waals surface area contributed by atoms with Gasteiger partial charge in [-0.15, -0.1) is 0 Å². The molecule has 214 valence electrons. The summed E-state index contributed by atoms with van der Waals surface area (Å²) in [6.07, 6.45) is 2.23. The minimum atomic E-state index is -1.10. The zero-order chi connectivity index (χ0) is 29.7. The number of nitrogens with zero attached hydrogens (tertiary/aromatic N) is 2. The summed E-state index contributed by atoms with van der Waals surface area (Å²) in [4.78, 5) is 45.5. The normalized spacial score (nSPS) is 16.0. The second-order valence-corrected chi connectivity index (χ2v) is 9.94. The molecule has 1 unspecified atom stereocenters. The Morgan fingerprint density at radius 3 is 2.59 bits per heavy atom. The molecular formula is C30H30N2O8S. The monoisotopic (exact) mass is 578 g/mol. The van der Waals surface area contributed by atoms with E-state index in [2.05, 4.69) is 11.6 Å². The van der Waals surface area contributed by atoms with E-state index in [4.69, 9.17) is 18.9 Å². The zero-order valence-electron chi connectivity index (χ0n) is 23.1. The number of hydrogen-bond donors (Lipinski definition) is 1. The van der Waals surface area contributed by atoms with Crippen LogP contribution in [-0.2, 0) is 14.3 Å². The SMILES string of the molecule is C=CCOC(=O)c1sc(N2C(=O)C(=O)C(=C(O)c3cccc(OCCC)c3)C2c2ccc(OC)c(OC)c2)nc1C. The number of carbonyl (C=O) groups excluding carboxylic acids is 3. The van der Waals surface area contributed by atoms with Gasteiger partial charge in [0.1, 0.15) is 23.0 Å². The van der Waals surface area contributed by atoms with E-state index in [-0.39, 0.29) is 27.9 Å². The second kappa shape index (κ2) is 12.7. The number of methoxy groups -OCH3 is 2. The molecule has 41 heavy (non-hydrogen) atoms. The third kappa shape index (κ3) is 5.80. The summed E-state index contributed by atoms with van der Waals surface area (Å²) >= 11 is 0.911. The van der Waals surface area contributed by atoms with Crippen LogP contribution in [0.25, 0.3) is 5.76 Å². The van der Waals surface area contributed by atoms with Gasteiger partial charge in [0.05, 0.1) is 38.1 Å². The molecule has 3 aromatic rings. The smallest absolute Gasteiger partial charge is 0.350 e. The molecule has 2 heterocycles. The Hall–Kier alpha value is -4.64. The van der Waals surface area contributed by atoms with Gasteiger partial charge < -0.3 is 24.1 Å². The number of aliphatic hydroxyl groups is 1. The van der Waals surface area contributed by atoms with Crippen LogP contribution in [0.2, 0.25) is 0 Å². The van der Waals surface area contributed by atoms with Crippen molar-refractivity contribution in [2.75, 3.05) is 32.3 Å². The highest BCUT2D eigenvalue weighted by molar-refractivity contribution is 7.17. The number of ether oxygens (including phenoxy) is 4. The fraction of sp³-hybridized carbons (Fsp3) is 0.267. The molecule has 10 nitrogen and oxygen atoms in total. The number of aryl methyl sites for hydroxylation is 1. The number of aromatic nitrogens is 1. The highest BCUT2D eigenvalue weighted by Gasteiger charge is 2.48. The van der Waals surface area contributed by atoms with Gasteiger partial charge >= 0.3 is 11.9 Å². The molecule has 0 saturated carbocycles. The molecule has 0 radical (unpaired) electrons. The molecule has 11 heteroatoms. The first-order valence-electron chi connectivity index (χ1n) is 12.8. The molecule has 1 aliphatic rings. The molecule has 1 N–H and O–H groups in total. The molecule has 0 bridgehead atoms. The number of esters is 1. The Bertz CT molecular complexity index is 1530. The lowest BCUT2D eigenvalue weighted by Gasteiger charge is -2.24. The van der Waals surface area contributed by atoms with Crippen LogP contribution < -0.4 is 19.1 Å². The van der Waals surface area contributed by atoms with E-state index in [1.807, 2.05) is 6.92 Å². The average molecular weight is 579 g/mol. The highest BCUT2D eigenvalue weighted by Crippen LogP contribution is 2.45. The van der Waals surface area contributed by atoms with Gasteiger partial charge in [-0.1, -0.05) is 49.1 Å². The van der Waals surface area contributed by atoms with Crippen molar-refractivity contribution in [2.45, 2.75) is 26.3 Å². The quantitative estimate of drug-likeness (QED) is 0.107. The molecule has 1 aromatic heterocycles. The first-order chi connectivity index (χ1) is 19.7. The van der Waals surface area contributed by atoms with E-state index >= 15 is 0 Å². The third-order valence-corrected chi connectivity index (χ3v) is 7.39. The molecule has 1 saturated heterocycles. The lowest BCUT2D eigenvalue weighted by molar-refractivity contribution is -0.132. The number of carbonyl (C=O) groups is 3. The van der Waals surface area contributed by atoms with Crippen molar-refractivity contribution >= 4 is 39.9 Å². The van der Waals surface area contributed by atoms with Crippen LogP contribution in [0, 0.1) is 6.92 Å². The Labute approximate surface area is 241 Å². The van der Waals surface area contributed by atoms with Crippen LogP contribution >= 0.6 is 11.3 Å². The van der Waals surface area contributed by atoms with Crippen molar-refractivity contribution < 1.29 is 38.4 Å². The minimum absolute atomic E-state index is 0.00268. The summed E-state index contributed by atoms with van der Waals surface area (Å²) in [5, 5.41) is 11.6. The summed E-state index contributed by atoms with van der Waals surface area (Å²) in [5.74, 6) is -1.54. The lowest BCUT2D eigenvalue weighted by atomic mass is 9.95. The molecule has 1 fully saturated rings. The first-order valence-corrected chi connectivity index (χ1v) is 13.6. The fourth-order valence-electron chi connectivity index (χ4n) is 4.35. The predicted molar refractivity (Wildman–Crippen MR) is 154 cm³/mol. The second-order valence-electron chi connectivity index (χ2n) is 8.96.